The van der Waals surface area contributed by atoms with Crippen LogP contribution in [-0.2, 0) is 0 Å². The van der Waals surface area contributed by atoms with Crippen LogP contribution in [0.25, 0.3) is 68.6 Å². The van der Waals surface area contributed by atoms with Gasteiger partial charge in [-0.1, -0.05) is 63.8 Å². The molecule has 6 heteroatoms. The van der Waals surface area contributed by atoms with Crippen LogP contribution < -0.4 is 9.47 Å². The van der Waals surface area contributed by atoms with Gasteiger partial charge in [0.05, 0.1) is 36.0 Å². The number of aromatic amines is 2. The summed E-state index contributed by atoms with van der Waals surface area (Å²) >= 11 is 0. The zero-order valence-corrected chi connectivity index (χ0v) is 29.6. The van der Waals surface area contributed by atoms with Crippen molar-refractivity contribution in [3.05, 3.63) is 107 Å². The third-order valence-electron chi connectivity index (χ3n) is 9.38. The summed E-state index contributed by atoms with van der Waals surface area (Å²) in [4.78, 5) is 17.8. The molecule has 2 aliphatic rings. The molecule has 0 radical (unpaired) electrons. The number of ether oxygens (including phenoxy) is 2. The Hall–Kier alpha value is -5.36. The van der Waals surface area contributed by atoms with Crippen molar-refractivity contribution in [2.75, 3.05) is 13.2 Å². The highest BCUT2D eigenvalue weighted by atomic mass is 16.5. The summed E-state index contributed by atoms with van der Waals surface area (Å²) < 4.78 is 12.9. The number of benzene rings is 2. The monoisotopic (exact) mass is 662 g/mol. The topological polar surface area (TPSA) is 75.8 Å². The van der Waals surface area contributed by atoms with E-state index in [1.54, 1.807) is 0 Å². The first-order valence-corrected chi connectivity index (χ1v) is 18.1. The molecule has 0 spiro atoms. The SMILES string of the molecule is CCCCCOc1cccc(C)c1-c1c2nc(cc3ccc([nH]3)c(-c3c(C)cccc3OCCCCC)c3nc(cc4ccc1[nH]4)C=C3)C=C2. The van der Waals surface area contributed by atoms with Crippen LogP contribution in [0.3, 0.4) is 0 Å². The lowest BCUT2D eigenvalue weighted by Crippen LogP contribution is -2.00. The minimum atomic E-state index is 0.683. The van der Waals surface area contributed by atoms with E-state index in [9.17, 15) is 0 Å². The van der Waals surface area contributed by atoms with E-state index >= 15 is 0 Å². The minimum absolute atomic E-state index is 0.683. The fourth-order valence-electron chi connectivity index (χ4n) is 6.83. The average Bonchev–Trinajstić information content (AvgIpc) is 3.94. The predicted molar refractivity (Wildman–Crippen MR) is 209 cm³/mol. The molecule has 2 N–H and O–H groups in total. The van der Waals surface area contributed by atoms with Gasteiger partial charge in [0.15, 0.2) is 0 Å². The second-order valence-electron chi connectivity index (χ2n) is 13.2. The molecule has 0 fully saturated rings. The molecule has 0 amide bonds. The average molecular weight is 663 g/mol. The zero-order chi connectivity index (χ0) is 34.5. The molecule has 3 aromatic heterocycles. The first kappa shape index (κ1) is 33.2. The van der Waals surface area contributed by atoms with Crippen molar-refractivity contribution < 1.29 is 9.47 Å². The number of H-pyrrole nitrogens is 2. The van der Waals surface area contributed by atoms with Gasteiger partial charge in [0.1, 0.15) is 11.5 Å². The molecule has 2 aromatic carbocycles. The number of hydrogen-bond acceptors (Lipinski definition) is 4. The summed E-state index contributed by atoms with van der Waals surface area (Å²) in [5, 5.41) is 0. The van der Waals surface area contributed by atoms with Crippen LogP contribution in [0.1, 0.15) is 86.3 Å². The van der Waals surface area contributed by atoms with Crippen molar-refractivity contribution in [3.63, 3.8) is 0 Å². The Balaban J connectivity index is 1.45. The van der Waals surface area contributed by atoms with Crippen molar-refractivity contribution >= 4 is 46.4 Å². The van der Waals surface area contributed by atoms with Gasteiger partial charge in [-0.25, -0.2) is 9.97 Å². The Kier molecular flexibility index (Phi) is 9.97. The smallest absolute Gasteiger partial charge is 0.127 e. The Morgan fingerprint density at radius 2 is 0.980 bits per heavy atom. The summed E-state index contributed by atoms with van der Waals surface area (Å²) in [6, 6.07) is 25.3. The van der Waals surface area contributed by atoms with E-state index in [1.165, 1.54) is 0 Å². The van der Waals surface area contributed by atoms with E-state index in [-0.39, 0.29) is 0 Å². The van der Waals surface area contributed by atoms with Gasteiger partial charge >= 0.3 is 0 Å². The molecular formula is C44H46N4O2. The number of fused-ring (bicyclic) bond motifs is 8. The normalized spacial score (nSPS) is 12.1. The third-order valence-corrected chi connectivity index (χ3v) is 9.38. The standard InChI is InChI=1S/C44H46N4O2/c1-5-7-9-25-49-39-15-11-13-29(3)41(39)43-35-21-17-31(45-35)27-33-19-23-37(47-33)44(38-24-20-34(48-38)28-32-18-22-36(43)46-32)42-30(4)14-12-16-40(42)50-26-10-8-6-2/h11-24,27-28,45,48H,5-10,25-26H2,1-4H3. The first-order chi connectivity index (χ1) is 24.5. The van der Waals surface area contributed by atoms with Crippen LogP contribution in [0.15, 0.2) is 72.8 Å². The lowest BCUT2D eigenvalue weighted by atomic mass is 9.97. The largest absolute Gasteiger partial charge is 0.493 e. The summed E-state index contributed by atoms with van der Waals surface area (Å²) in [7, 11) is 0. The molecule has 6 nitrogen and oxygen atoms in total. The van der Waals surface area contributed by atoms with Crippen molar-refractivity contribution in [2.24, 2.45) is 0 Å². The lowest BCUT2D eigenvalue weighted by molar-refractivity contribution is 0.307. The van der Waals surface area contributed by atoms with Crippen LogP contribution in [-0.4, -0.2) is 33.1 Å². The van der Waals surface area contributed by atoms with Gasteiger partial charge in [0.25, 0.3) is 0 Å². The number of nitrogens with one attached hydrogen (secondary N) is 2. The van der Waals surface area contributed by atoms with Crippen LogP contribution in [0, 0.1) is 13.8 Å². The molecule has 0 aliphatic carbocycles. The van der Waals surface area contributed by atoms with E-state index in [0.29, 0.717) is 13.2 Å². The van der Waals surface area contributed by atoms with Crippen molar-refractivity contribution in [1.29, 1.82) is 0 Å². The maximum atomic E-state index is 6.44. The zero-order valence-electron chi connectivity index (χ0n) is 29.6. The van der Waals surface area contributed by atoms with Gasteiger partial charge in [-0.05, 0) is 111 Å². The highest BCUT2D eigenvalue weighted by Gasteiger charge is 2.19. The Morgan fingerprint density at radius 1 is 0.520 bits per heavy atom. The number of aromatic nitrogens is 4. The van der Waals surface area contributed by atoms with Gasteiger partial charge in [0.2, 0.25) is 0 Å². The van der Waals surface area contributed by atoms with Crippen LogP contribution in [0.2, 0.25) is 0 Å². The molecule has 50 heavy (non-hydrogen) atoms. The Labute approximate surface area is 295 Å². The molecule has 254 valence electrons. The quantitative estimate of drug-likeness (QED) is 0.128. The van der Waals surface area contributed by atoms with E-state index < -0.39 is 0 Å². The van der Waals surface area contributed by atoms with Crippen LogP contribution >= 0.6 is 0 Å². The van der Waals surface area contributed by atoms with Crippen molar-refractivity contribution in [3.8, 4) is 33.8 Å². The highest BCUT2D eigenvalue weighted by Crippen LogP contribution is 2.40. The summed E-state index contributed by atoms with van der Waals surface area (Å²) in [6.45, 7) is 10.1. The molecule has 0 unspecified atom stereocenters. The maximum absolute atomic E-state index is 6.44. The van der Waals surface area contributed by atoms with E-state index in [1.807, 2.05) is 0 Å². The molecule has 0 saturated heterocycles. The third kappa shape index (κ3) is 7.02. The highest BCUT2D eigenvalue weighted by molar-refractivity contribution is 5.96. The molecule has 2 aliphatic heterocycles. The van der Waals surface area contributed by atoms with Gasteiger partial charge < -0.3 is 19.4 Å². The van der Waals surface area contributed by atoms with Gasteiger partial charge in [-0.15, -0.1) is 0 Å². The predicted octanol–water partition coefficient (Wildman–Crippen LogP) is 11.7. The summed E-state index contributed by atoms with van der Waals surface area (Å²) in [6.07, 6.45) is 15.0. The minimum Gasteiger partial charge on any atom is -0.493 e. The second-order valence-corrected chi connectivity index (χ2v) is 13.2. The Morgan fingerprint density at radius 3 is 1.42 bits per heavy atom. The number of aryl methyl sites for hydroxylation is 2. The van der Waals surface area contributed by atoms with Crippen molar-refractivity contribution in [2.45, 2.75) is 66.2 Å². The Bertz CT molecular complexity index is 2080. The lowest BCUT2D eigenvalue weighted by Gasteiger charge is -2.15. The van der Waals surface area contributed by atoms with E-state index in [2.05, 4.69) is 135 Å². The molecule has 8 bridgehead atoms. The molecule has 5 heterocycles. The van der Waals surface area contributed by atoms with E-state index in [4.69, 9.17) is 19.4 Å². The summed E-state index contributed by atoms with van der Waals surface area (Å²) in [5.41, 5.74) is 13.9. The van der Waals surface area contributed by atoms with Crippen LogP contribution in [0.4, 0.5) is 0 Å². The van der Waals surface area contributed by atoms with Gasteiger partial charge in [0, 0.05) is 44.3 Å². The maximum Gasteiger partial charge on any atom is 0.127 e. The van der Waals surface area contributed by atoms with E-state index in [0.717, 1.165) is 128 Å². The van der Waals surface area contributed by atoms with Crippen molar-refractivity contribution in [1.82, 2.24) is 19.9 Å². The number of nitrogens with zero attached hydrogens (tertiary/aromatic N) is 2. The number of hydrogen-bond donors (Lipinski definition) is 2. The number of rotatable bonds is 12. The second kappa shape index (κ2) is 15.0. The molecule has 7 rings (SSSR count). The number of unbranched alkanes of at least 4 members (excludes halogenated alkanes) is 4. The fourth-order valence-corrected chi connectivity index (χ4v) is 6.83. The summed E-state index contributed by atoms with van der Waals surface area (Å²) in [5.74, 6) is 1.76. The molecule has 0 saturated carbocycles. The molecular weight excluding hydrogens is 617 g/mol. The fraction of sp³-hybridized carbons (Fsp3) is 0.273. The van der Waals surface area contributed by atoms with Gasteiger partial charge in [-0.3, -0.25) is 0 Å². The van der Waals surface area contributed by atoms with Crippen LogP contribution in [0.5, 0.6) is 11.5 Å². The molecule has 0 atom stereocenters. The molecule has 5 aromatic rings. The van der Waals surface area contributed by atoms with Gasteiger partial charge in [-0.2, -0.15) is 0 Å². The first-order valence-electron chi connectivity index (χ1n) is 18.1.